The van der Waals surface area contributed by atoms with Gasteiger partial charge in [0.05, 0.1) is 12.5 Å². The quantitative estimate of drug-likeness (QED) is 0.717. The van der Waals surface area contributed by atoms with Crippen molar-refractivity contribution in [3.8, 4) is 0 Å². The molecule has 0 amide bonds. The molecule has 1 rings (SSSR count). The average Bonchev–Trinajstić information content (AvgIpc) is 2.52. The zero-order chi connectivity index (χ0) is 8.10. The Labute approximate surface area is 66.7 Å². The van der Waals surface area contributed by atoms with Gasteiger partial charge in [0.1, 0.15) is 0 Å². The Kier molecular flexibility index (Phi) is 2.93. The van der Waals surface area contributed by atoms with Crippen molar-refractivity contribution in [2.24, 2.45) is 5.73 Å². The Morgan fingerprint density at radius 3 is 3.09 bits per heavy atom. The lowest BCUT2D eigenvalue weighted by Crippen LogP contribution is -1.95. The molecule has 0 atom stereocenters. The molecule has 0 fully saturated rings. The van der Waals surface area contributed by atoms with E-state index < -0.39 is 0 Å². The van der Waals surface area contributed by atoms with E-state index in [0.717, 1.165) is 12.0 Å². The summed E-state index contributed by atoms with van der Waals surface area (Å²) in [6, 6.07) is 1.95. The molecule has 0 bridgehead atoms. The summed E-state index contributed by atoms with van der Waals surface area (Å²) < 4.78 is 4.94. The van der Waals surface area contributed by atoms with Crippen LogP contribution in [0, 0.1) is 0 Å². The molecule has 0 aliphatic rings. The summed E-state index contributed by atoms with van der Waals surface area (Å²) in [6.45, 7) is 2.76. The van der Waals surface area contributed by atoms with E-state index >= 15 is 0 Å². The molecule has 0 saturated carbocycles. The number of allylic oxidation sites excluding steroid dienone is 1. The molecule has 0 aliphatic heterocycles. The van der Waals surface area contributed by atoms with Crippen molar-refractivity contribution in [3.05, 3.63) is 30.2 Å². The van der Waals surface area contributed by atoms with Crippen LogP contribution in [0.15, 0.2) is 29.1 Å². The normalized spacial score (nSPS) is 12.0. The maximum Gasteiger partial charge on any atom is 0.0977 e. The van der Waals surface area contributed by atoms with Crippen LogP contribution in [-0.4, -0.2) is 6.54 Å². The number of furan rings is 1. The Balaban J connectivity index is 2.62. The summed E-state index contributed by atoms with van der Waals surface area (Å²) in [4.78, 5) is 0. The summed E-state index contributed by atoms with van der Waals surface area (Å²) in [7, 11) is 0. The number of rotatable bonds is 3. The molecule has 2 N–H and O–H groups in total. The minimum atomic E-state index is 0.704. The molecule has 0 unspecified atom stereocenters. The predicted octanol–water partition coefficient (Wildman–Crippen LogP) is 2.03. The Hall–Kier alpha value is -1.02. The largest absolute Gasteiger partial charge is 0.472 e. The summed E-state index contributed by atoms with van der Waals surface area (Å²) in [5.74, 6) is 0. The van der Waals surface area contributed by atoms with Crippen LogP contribution in [0.1, 0.15) is 18.9 Å². The van der Waals surface area contributed by atoms with Crippen LogP contribution < -0.4 is 5.73 Å². The monoisotopic (exact) mass is 151 g/mol. The summed E-state index contributed by atoms with van der Waals surface area (Å²) in [5.41, 5.74) is 7.73. The van der Waals surface area contributed by atoms with Crippen molar-refractivity contribution in [2.45, 2.75) is 13.3 Å². The van der Waals surface area contributed by atoms with E-state index in [1.807, 2.05) is 6.07 Å². The Morgan fingerprint density at radius 1 is 1.73 bits per heavy atom. The minimum absolute atomic E-state index is 0.704. The fourth-order valence-corrected chi connectivity index (χ4v) is 0.907. The van der Waals surface area contributed by atoms with Gasteiger partial charge in [-0.25, -0.2) is 0 Å². The highest BCUT2D eigenvalue weighted by molar-refractivity contribution is 5.62. The van der Waals surface area contributed by atoms with E-state index in [1.165, 1.54) is 5.57 Å². The molecule has 1 heterocycles. The van der Waals surface area contributed by atoms with Gasteiger partial charge in [0.2, 0.25) is 0 Å². The first-order valence-corrected chi connectivity index (χ1v) is 3.74. The van der Waals surface area contributed by atoms with Crippen molar-refractivity contribution < 1.29 is 4.42 Å². The molecule has 2 heteroatoms. The van der Waals surface area contributed by atoms with E-state index in [1.54, 1.807) is 12.5 Å². The van der Waals surface area contributed by atoms with Gasteiger partial charge in [-0.05, 0) is 31.5 Å². The second kappa shape index (κ2) is 3.98. The van der Waals surface area contributed by atoms with Crippen molar-refractivity contribution in [1.82, 2.24) is 0 Å². The molecule has 1 aromatic heterocycles. The van der Waals surface area contributed by atoms with Gasteiger partial charge in [-0.1, -0.05) is 6.08 Å². The lowest BCUT2D eigenvalue weighted by molar-refractivity contribution is 0.566. The first-order chi connectivity index (χ1) is 5.34. The van der Waals surface area contributed by atoms with Gasteiger partial charge in [0, 0.05) is 5.56 Å². The maximum atomic E-state index is 5.36. The highest BCUT2D eigenvalue weighted by Gasteiger charge is 1.94. The minimum Gasteiger partial charge on any atom is -0.472 e. The fraction of sp³-hybridized carbons (Fsp3) is 0.333. The van der Waals surface area contributed by atoms with Gasteiger partial charge >= 0.3 is 0 Å². The van der Waals surface area contributed by atoms with Gasteiger partial charge in [-0.2, -0.15) is 0 Å². The number of hydrogen-bond acceptors (Lipinski definition) is 2. The standard InChI is InChI=1S/C9H13NO/c1-8(3-2-5-10)9-4-6-11-7-9/h3-4,6-7H,2,5,10H2,1H3. The zero-order valence-electron chi connectivity index (χ0n) is 6.71. The third-order valence-electron chi connectivity index (χ3n) is 1.59. The van der Waals surface area contributed by atoms with Crippen LogP contribution in [0.3, 0.4) is 0 Å². The van der Waals surface area contributed by atoms with Crippen molar-refractivity contribution in [3.63, 3.8) is 0 Å². The van der Waals surface area contributed by atoms with Crippen LogP contribution in [0.5, 0.6) is 0 Å². The molecule has 11 heavy (non-hydrogen) atoms. The lowest BCUT2D eigenvalue weighted by Gasteiger charge is -1.93. The van der Waals surface area contributed by atoms with Gasteiger partial charge in [-0.3, -0.25) is 0 Å². The van der Waals surface area contributed by atoms with Crippen molar-refractivity contribution in [1.29, 1.82) is 0 Å². The third-order valence-corrected chi connectivity index (χ3v) is 1.59. The average molecular weight is 151 g/mol. The molecule has 0 saturated heterocycles. The fourth-order valence-electron chi connectivity index (χ4n) is 0.907. The van der Waals surface area contributed by atoms with Gasteiger partial charge in [-0.15, -0.1) is 0 Å². The van der Waals surface area contributed by atoms with E-state index in [2.05, 4.69) is 13.0 Å². The SMILES string of the molecule is CC(=CCCN)c1ccoc1. The van der Waals surface area contributed by atoms with Crippen molar-refractivity contribution >= 4 is 5.57 Å². The molecule has 2 nitrogen and oxygen atoms in total. The Bertz CT molecular complexity index is 224. The number of hydrogen-bond donors (Lipinski definition) is 1. The van der Waals surface area contributed by atoms with Crippen LogP contribution in [-0.2, 0) is 0 Å². The molecule has 0 aliphatic carbocycles. The molecular weight excluding hydrogens is 138 g/mol. The highest BCUT2D eigenvalue weighted by atomic mass is 16.3. The van der Waals surface area contributed by atoms with Crippen LogP contribution in [0.4, 0.5) is 0 Å². The predicted molar refractivity (Wildman–Crippen MR) is 46.0 cm³/mol. The van der Waals surface area contributed by atoms with E-state index in [0.29, 0.717) is 6.54 Å². The van der Waals surface area contributed by atoms with Crippen LogP contribution >= 0.6 is 0 Å². The molecule has 1 aromatic rings. The Morgan fingerprint density at radius 2 is 2.55 bits per heavy atom. The van der Waals surface area contributed by atoms with E-state index in [4.69, 9.17) is 10.2 Å². The van der Waals surface area contributed by atoms with Crippen LogP contribution in [0.2, 0.25) is 0 Å². The first kappa shape index (κ1) is 8.08. The van der Waals surface area contributed by atoms with Gasteiger partial charge in [0.25, 0.3) is 0 Å². The van der Waals surface area contributed by atoms with Gasteiger partial charge in [0.15, 0.2) is 0 Å². The summed E-state index contributed by atoms with van der Waals surface area (Å²) in [6.07, 6.45) is 6.46. The third kappa shape index (κ3) is 2.24. The summed E-state index contributed by atoms with van der Waals surface area (Å²) in [5, 5.41) is 0. The van der Waals surface area contributed by atoms with Crippen molar-refractivity contribution in [2.75, 3.05) is 6.54 Å². The molecular formula is C9H13NO. The zero-order valence-corrected chi connectivity index (χ0v) is 6.71. The molecule has 0 radical (unpaired) electrons. The lowest BCUT2D eigenvalue weighted by atomic mass is 10.1. The van der Waals surface area contributed by atoms with E-state index in [9.17, 15) is 0 Å². The summed E-state index contributed by atoms with van der Waals surface area (Å²) >= 11 is 0. The number of nitrogens with two attached hydrogens (primary N) is 1. The van der Waals surface area contributed by atoms with Gasteiger partial charge < -0.3 is 10.2 Å². The second-order valence-electron chi connectivity index (χ2n) is 2.48. The molecule has 60 valence electrons. The smallest absolute Gasteiger partial charge is 0.0977 e. The topological polar surface area (TPSA) is 39.2 Å². The van der Waals surface area contributed by atoms with Crippen LogP contribution in [0.25, 0.3) is 5.57 Å². The highest BCUT2D eigenvalue weighted by Crippen LogP contribution is 2.13. The molecule has 0 aromatic carbocycles. The first-order valence-electron chi connectivity index (χ1n) is 3.74. The second-order valence-corrected chi connectivity index (χ2v) is 2.48. The molecule has 0 spiro atoms. The van der Waals surface area contributed by atoms with E-state index in [-0.39, 0.29) is 0 Å². The maximum absolute atomic E-state index is 5.36.